The average molecular weight is 422 g/mol. The second kappa shape index (κ2) is 15.9. The molecule has 0 atom stereocenters. The van der Waals surface area contributed by atoms with Crippen molar-refractivity contribution in [1.82, 2.24) is 25.6 Å². The van der Waals surface area contributed by atoms with Crippen molar-refractivity contribution < 1.29 is 9.59 Å². The van der Waals surface area contributed by atoms with Crippen molar-refractivity contribution in [2.75, 3.05) is 13.1 Å². The van der Waals surface area contributed by atoms with Crippen LogP contribution in [0, 0.1) is 11.8 Å². The van der Waals surface area contributed by atoms with Crippen molar-refractivity contribution >= 4 is 11.8 Å². The fourth-order valence-electron chi connectivity index (χ4n) is 3.16. The van der Waals surface area contributed by atoms with Gasteiger partial charge in [0.25, 0.3) is 0 Å². The lowest BCUT2D eigenvalue weighted by Crippen LogP contribution is -2.28. The van der Waals surface area contributed by atoms with Crippen LogP contribution < -0.4 is 10.6 Å². The van der Waals surface area contributed by atoms with Crippen molar-refractivity contribution in [2.24, 2.45) is 11.8 Å². The number of carbonyl (C=O) groups is 2. The highest BCUT2D eigenvalue weighted by Crippen LogP contribution is 2.09. The van der Waals surface area contributed by atoms with Crippen LogP contribution in [0.3, 0.4) is 0 Å². The fourth-order valence-corrected chi connectivity index (χ4v) is 3.16. The first-order valence-corrected chi connectivity index (χ1v) is 11.8. The Morgan fingerprint density at radius 1 is 0.933 bits per heavy atom. The van der Waals surface area contributed by atoms with Gasteiger partial charge >= 0.3 is 0 Å². The Hall–Kier alpha value is -1.92. The van der Waals surface area contributed by atoms with E-state index in [0.29, 0.717) is 19.5 Å². The monoisotopic (exact) mass is 421 g/mol. The Morgan fingerprint density at radius 2 is 1.63 bits per heavy atom. The molecular formula is C23H43N5O2. The number of rotatable bonds is 17. The third-order valence-corrected chi connectivity index (χ3v) is 5.09. The predicted octanol–water partition coefficient (Wildman–Crippen LogP) is 3.88. The van der Waals surface area contributed by atoms with Gasteiger partial charge in [-0.25, -0.2) is 0 Å². The van der Waals surface area contributed by atoms with Crippen LogP contribution >= 0.6 is 0 Å². The molecule has 0 aliphatic carbocycles. The molecule has 1 aromatic rings. The molecule has 7 heteroatoms. The highest BCUT2D eigenvalue weighted by molar-refractivity contribution is 5.77. The number of hydrogen-bond donors (Lipinski definition) is 2. The van der Waals surface area contributed by atoms with E-state index in [2.05, 4.69) is 34.8 Å². The number of nitrogens with zero attached hydrogens (tertiary/aromatic N) is 3. The fraction of sp³-hybridized carbons (Fsp3) is 0.826. The van der Waals surface area contributed by atoms with Crippen LogP contribution in [0.15, 0.2) is 6.20 Å². The van der Waals surface area contributed by atoms with Gasteiger partial charge < -0.3 is 10.6 Å². The van der Waals surface area contributed by atoms with E-state index in [-0.39, 0.29) is 17.7 Å². The Morgan fingerprint density at radius 3 is 2.37 bits per heavy atom. The first-order chi connectivity index (χ1) is 14.4. The lowest BCUT2D eigenvalue weighted by molar-refractivity contribution is -0.124. The maximum absolute atomic E-state index is 11.9. The van der Waals surface area contributed by atoms with E-state index in [1.165, 1.54) is 25.7 Å². The molecule has 0 unspecified atom stereocenters. The summed E-state index contributed by atoms with van der Waals surface area (Å²) in [6, 6.07) is 0. The normalized spacial score (nSPS) is 11.3. The van der Waals surface area contributed by atoms with Gasteiger partial charge in [-0.05, 0) is 38.0 Å². The zero-order valence-corrected chi connectivity index (χ0v) is 19.6. The Balaban J connectivity index is 2.02. The number of aryl methyl sites for hydroxylation is 2. The smallest absolute Gasteiger partial charge is 0.222 e. The molecule has 7 nitrogen and oxygen atoms in total. The molecule has 30 heavy (non-hydrogen) atoms. The predicted molar refractivity (Wildman–Crippen MR) is 121 cm³/mol. The summed E-state index contributed by atoms with van der Waals surface area (Å²) in [6.45, 7) is 10.5. The molecule has 0 aromatic carbocycles. The van der Waals surface area contributed by atoms with Gasteiger partial charge in [-0.15, -0.1) is 5.10 Å². The molecule has 0 spiro atoms. The SMILES string of the molecule is CC(C)CCCCCCNC(=O)CCCn1cc(CCCCNC(=O)C(C)C)nn1. The number of unbranched alkanes of at least 4 members (excludes halogenated alkanes) is 4. The molecule has 0 saturated carbocycles. The lowest BCUT2D eigenvalue weighted by atomic mass is 10.0. The van der Waals surface area contributed by atoms with E-state index in [1.54, 1.807) is 0 Å². The summed E-state index contributed by atoms with van der Waals surface area (Å²) < 4.78 is 1.82. The number of hydrogen-bond acceptors (Lipinski definition) is 4. The maximum Gasteiger partial charge on any atom is 0.222 e. The summed E-state index contributed by atoms with van der Waals surface area (Å²) in [7, 11) is 0. The van der Waals surface area contributed by atoms with Crippen molar-refractivity contribution in [3.63, 3.8) is 0 Å². The standard InChI is InChI=1S/C23H43N5O2/c1-19(2)12-7-5-6-9-15-24-22(29)14-11-17-28-18-21(26-27-28)13-8-10-16-25-23(30)20(3)4/h18-20H,5-17H2,1-4H3,(H,24,29)(H,25,30). The second-order valence-corrected chi connectivity index (χ2v) is 8.93. The van der Waals surface area contributed by atoms with Crippen LogP contribution in [0.4, 0.5) is 0 Å². The topological polar surface area (TPSA) is 88.9 Å². The molecule has 2 amide bonds. The average Bonchev–Trinajstić information content (AvgIpc) is 3.14. The van der Waals surface area contributed by atoms with Crippen LogP contribution in [0.2, 0.25) is 0 Å². The summed E-state index contributed by atoms with van der Waals surface area (Å²) in [6.07, 6.45) is 12.1. The molecule has 0 fully saturated rings. The Kier molecular flexibility index (Phi) is 13.8. The summed E-state index contributed by atoms with van der Waals surface area (Å²) in [5, 5.41) is 14.3. The van der Waals surface area contributed by atoms with E-state index in [4.69, 9.17) is 0 Å². The van der Waals surface area contributed by atoms with Crippen LogP contribution in [0.1, 0.15) is 91.2 Å². The van der Waals surface area contributed by atoms with Crippen LogP contribution in [0.25, 0.3) is 0 Å². The summed E-state index contributed by atoms with van der Waals surface area (Å²) in [5.41, 5.74) is 0.965. The summed E-state index contributed by atoms with van der Waals surface area (Å²) in [4.78, 5) is 23.4. The van der Waals surface area contributed by atoms with Gasteiger partial charge in [-0.2, -0.15) is 0 Å². The Labute approximate surface area is 182 Å². The van der Waals surface area contributed by atoms with Crippen molar-refractivity contribution in [3.8, 4) is 0 Å². The Bertz CT molecular complexity index is 598. The minimum absolute atomic E-state index is 0.0338. The van der Waals surface area contributed by atoms with Crippen LogP contribution in [-0.4, -0.2) is 39.9 Å². The quantitative estimate of drug-likeness (QED) is 0.374. The van der Waals surface area contributed by atoms with Crippen LogP contribution in [-0.2, 0) is 22.6 Å². The molecule has 1 rings (SSSR count). The molecule has 0 saturated heterocycles. The number of amides is 2. The van der Waals surface area contributed by atoms with E-state index >= 15 is 0 Å². The van der Waals surface area contributed by atoms with E-state index in [1.807, 2.05) is 24.7 Å². The third kappa shape index (κ3) is 13.3. The first kappa shape index (κ1) is 26.1. The highest BCUT2D eigenvalue weighted by atomic mass is 16.2. The molecule has 0 bridgehead atoms. The van der Waals surface area contributed by atoms with Gasteiger partial charge in [-0.3, -0.25) is 14.3 Å². The first-order valence-electron chi connectivity index (χ1n) is 11.8. The van der Waals surface area contributed by atoms with Gasteiger partial charge in [0.1, 0.15) is 0 Å². The minimum atomic E-state index is 0.0338. The van der Waals surface area contributed by atoms with E-state index in [0.717, 1.165) is 50.3 Å². The number of carbonyl (C=O) groups excluding carboxylic acids is 2. The van der Waals surface area contributed by atoms with Gasteiger partial charge in [-0.1, -0.05) is 58.6 Å². The molecular weight excluding hydrogens is 378 g/mol. The number of aromatic nitrogens is 3. The molecule has 1 heterocycles. The van der Waals surface area contributed by atoms with E-state index in [9.17, 15) is 9.59 Å². The van der Waals surface area contributed by atoms with Crippen molar-refractivity contribution in [1.29, 1.82) is 0 Å². The van der Waals surface area contributed by atoms with Gasteiger partial charge in [0, 0.05) is 38.2 Å². The zero-order valence-electron chi connectivity index (χ0n) is 19.6. The third-order valence-electron chi connectivity index (χ3n) is 5.09. The summed E-state index contributed by atoms with van der Waals surface area (Å²) >= 11 is 0. The van der Waals surface area contributed by atoms with Crippen LogP contribution in [0.5, 0.6) is 0 Å². The summed E-state index contributed by atoms with van der Waals surface area (Å²) in [5.74, 6) is 1.05. The van der Waals surface area contributed by atoms with E-state index < -0.39 is 0 Å². The second-order valence-electron chi connectivity index (χ2n) is 8.93. The van der Waals surface area contributed by atoms with Gasteiger partial charge in [0.15, 0.2) is 0 Å². The lowest BCUT2D eigenvalue weighted by Gasteiger charge is -2.06. The largest absolute Gasteiger partial charge is 0.356 e. The molecule has 172 valence electrons. The molecule has 0 aliphatic heterocycles. The molecule has 0 radical (unpaired) electrons. The zero-order chi connectivity index (χ0) is 22.2. The molecule has 2 N–H and O–H groups in total. The molecule has 0 aliphatic rings. The maximum atomic E-state index is 11.9. The van der Waals surface area contributed by atoms with Crippen molar-refractivity contribution in [3.05, 3.63) is 11.9 Å². The van der Waals surface area contributed by atoms with Crippen molar-refractivity contribution in [2.45, 2.75) is 98.4 Å². The minimum Gasteiger partial charge on any atom is -0.356 e. The number of nitrogens with one attached hydrogen (secondary N) is 2. The molecule has 1 aromatic heterocycles. The van der Waals surface area contributed by atoms with Gasteiger partial charge in [0.2, 0.25) is 11.8 Å². The van der Waals surface area contributed by atoms with Gasteiger partial charge in [0.05, 0.1) is 5.69 Å². The highest BCUT2D eigenvalue weighted by Gasteiger charge is 2.06.